The second-order valence-corrected chi connectivity index (χ2v) is 8.32. The van der Waals surface area contributed by atoms with Gasteiger partial charge in [0.05, 0.1) is 23.8 Å². The lowest BCUT2D eigenvalue weighted by Gasteiger charge is -2.34. The summed E-state index contributed by atoms with van der Waals surface area (Å²) in [6.45, 7) is 8.28. The maximum atomic E-state index is 12.7. The van der Waals surface area contributed by atoms with Crippen LogP contribution in [-0.2, 0) is 4.74 Å². The summed E-state index contributed by atoms with van der Waals surface area (Å²) in [5.41, 5.74) is 0.522. The quantitative estimate of drug-likeness (QED) is 0.759. The summed E-state index contributed by atoms with van der Waals surface area (Å²) in [6, 6.07) is 2.06. The van der Waals surface area contributed by atoms with Crippen LogP contribution in [0.15, 0.2) is 18.6 Å². The summed E-state index contributed by atoms with van der Waals surface area (Å²) < 4.78 is 7.45. The first-order valence-corrected chi connectivity index (χ1v) is 10.6. The van der Waals surface area contributed by atoms with Gasteiger partial charge in [-0.05, 0) is 32.8 Å². The van der Waals surface area contributed by atoms with E-state index >= 15 is 0 Å². The largest absolute Gasteiger partial charge is 0.378 e. The van der Waals surface area contributed by atoms with E-state index in [0.29, 0.717) is 42.9 Å². The fourth-order valence-electron chi connectivity index (χ4n) is 4.05. The minimum absolute atomic E-state index is 0.0456. The molecule has 29 heavy (non-hydrogen) atoms. The Morgan fingerprint density at radius 1 is 1.28 bits per heavy atom. The lowest BCUT2D eigenvalue weighted by Crippen LogP contribution is -2.40. The molecule has 2 fully saturated rings. The fourth-order valence-corrected chi connectivity index (χ4v) is 4.34. The highest BCUT2D eigenvalue weighted by atomic mass is 35.5. The third-order valence-corrected chi connectivity index (χ3v) is 5.89. The number of halogens is 1. The van der Waals surface area contributed by atoms with Crippen molar-refractivity contribution in [3.63, 3.8) is 0 Å². The van der Waals surface area contributed by atoms with Gasteiger partial charge in [-0.25, -0.2) is 4.98 Å². The molecule has 2 aliphatic rings. The third kappa shape index (κ3) is 4.23. The van der Waals surface area contributed by atoms with Gasteiger partial charge >= 0.3 is 0 Å². The molecule has 2 aliphatic heterocycles. The number of aromatic nitrogens is 4. The van der Waals surface area contributed by atoms with Crippen LogP contribution in [0.5, 0.6) is 0 Å². The Balaban J connectivity index is 1.50. The van der Waals surface area contributed by atoms with E-state index in [9.17, 15) is 4.79 Å². The van der Waals surface area contributed by atoms with Gasteiger partial charge < -0.3 is 19.1 Å². The van der Waals surface area contributed by atoms with Gasteiger partial charge in [-0.1, -0.05) is 11.6 Å². The minimum atomic E-state index is -0.0456. The highest BCUT2D eigenvalue weighted by Gasteiger charge is 2.28. The summed E-state index contributed by atoms with van der Waals surface area (Å²) in [5, 5.41) is 8.99. The van der Waals surface area contributed by atoms with Crippen molar-refractivity contribution in [1.29, 1.82) is 0 Å². The average Bonchev–Trinajstić information content (AvgIpc) is 3.24. The number of piperidine rings is 1. The van der Waals surface area contributed by atoms with Crippen LogP contribution in [0.1, 0.15) is 54.8 Å². The Kier molecular flexibility index (Phi) is 6.01. The molecule has 1 atom stereocenters. The fraction of sp³-hybridized carbons (Fsp3) is 0.600. The van der Waals surface area contributed by atoms with Gasteiger partial charge in [0.15, 0.2) is 0 Å². The van der Waals surface area contributed by atoms with Crippen LogP contribution in [0.3, 0.4) is 0 Å². The summed E-state index contributed by atoms with van der Waals surface area (Å²) in [7, 11) is 0. The number of hydrogen-bond donors (Lipinski definition) is 0. The summed E-state index contributed by atoms with van der Waals surface area (Å²) in [4.78, 5) is 21.2. The van der Waals surface area contributed by atoms with Crippen molar-refractivity contribution in [2.24, 2.45) is 0 Å². The number of hydrogen-bond acceptors (Lipinski definition) is 6. The van der Waals surface area contributed by atoms with Crippen molar-refractivity contribution in [2.75, 3.05) is 44.3 Å². The number of pyridine rings is 1. The molecule has 4 heterocycles. The van der Waals surface area contributed by atoms with Gasteiger partial charge in [0.2, 0.25) is 0 Å². The molecular weight excluding hydrogens is 392 g/mol. The van der Waals surface area contributed by atoms with E-state index < -0.39 is 0 Å². The Bertz CT molecular complexity index is 864. The standard InChI is InChI=1S/C20H27ClN6O2/c1-14(2)27-13-23-24-18(27)15-4-3-5-26(12-15)19-17(21)10-16(11-22-19)20(28)25-6-8-29-9-7-25/h10-11,13-15H,3-9,12H2,1-2H3. The van der Waals surface area contributed by atoms with Gasteiger partial charge in [0, 0.05) is 44.3 Å². The van der Waals surface area contributed by atoms with Crippen LogP contribution in [0.2, 0.25) is 5.02 Å². The summed E-state index contributed by atoms with van der Waals surface area (Å²) in [6.07, 6.45) is 5.53. The first-order chi connectivity index (χ1) is 14.0. The second kappa shape index (κ2) is 8.67. The molecule has 0 saturated carbocycles. The maximum absolute atomic E-state index is 12.7. The zero-order valence-electron chi connectivity index (χ0n) is 16.9. The average molecular weight is 419 g/mol. The van der Waals surface area contributed by atoms with Crippen LogP contribution in [-0.4, -0.2) is 69.9 Å². The first kappa shape index (κ1) is 20.1. The molecule has 1 unspecified atom stereocenters. The summed E-state index contributed by atoms with van der Waals surface area (Å²) in [5.74, 6) is 1.97. The Morgan fingerprint density at radius 2 is 2.07 bits per heavy atom. The number of amides is 1. The molecule has 4 rings (SSSR count). The lowest BCUT2D eigenvalue weighted by atomic mass is 9.97. The van der Waals surface area contributed by atoms with E-state index in [1.54, 1.807) is 23.5 Å². The monoisotopic (exact) mass is 418 g/mol. The molecule has 9 heteroatoms. The lowest BCUT2D eigenvalue weighted by molar-refractivity contribution is 0.0302. The molecule has 1 amide bonds. The molecule has 2 saturated heterocycles. The van der Waals surface area contributed by atoms with Crippen molar-refractivity contribution < 1.29 is 9.53 Å². The number of rotatable bonds is 4. The smallest absolute Gasteiger partial charge is 0.255 e. The Hall–Kier alpha value is -2.19. The minimum Gasteiger partial charge on any atom is -0.378 e. The predicted octanol–water partition coefficient (Wildman–Crippen LogP) is 2.76. The number of anilines is 1. The maximum Gasteiger partial charge on any atom is 0.255 e. The molecule has 0 radical (unpaired) electrons. The highest BCUT2D eigenvalue weighted by Crippen LogP contribution is 2.32. The molecule has 2 aromatic heterocycles. The van der Waals surface area contributed by atoms with Gasteiger partial charge in [0.25, 0.3) is 5.91 Å². The zero-order chi connectivity index (χ0) is 20.4. The van der Waals surface area contributed by atoms with Crippen molar-refractivity contribution in [1.82, 2.24) is 24.6 Å². The molecule has 2 aromatic rings. The molecule has 0 bridgehead atoms. The normalized spacial score (nSPS) is 20.3. The van der Waals surface area contributed by atoms with E-state index in [1.165, 1.54) is 0 Å². The molecule has 0 N–H and O–H groups in total. The van der Waals surface area contributed by atoms with Crippen LogP contribution in [0, 0.1) is 0 Å². The SMILES string of the molecule is CC(C)n1cnnc1C1CCCN(c2ncc(C(=O)N3CCOCC3)cc2Cl)C1. The first-order valence-electron chi connectivity index (χ1n) is 10.2. The van der Waals surface area contributed by atoms with Gasteiger partial charge in [-0.15, -0.1) is 10.2 Å². The van der Waals surface area contributed by atoms with E-state index in [1.807, 2.05) is 0 Å². The number of carbonyl (C=O) groups excluding carboxylic acids is 1. The van der Waals surface area contributed by atoms with E-state index in [-0.39, 0.29) is 11.8 Å². The zero-order valence-corrected chi connectivity index (χ0v) is 17.7. The molecular formula is C20H27ClN6O2. The Labute approximate surface area is 175 Å². The highest BCUT2D eigenvalue weighted by molar-refractivity contribution is 6.33. The van der Waals surface area contributed by atoms with Crippen molar-refractivity contribution in [3.8, 4) is 0 Å². The van der Waals surface area contributed by atoms with Crippen molar-refractivity contribution in [2.45, 2.75) is 38.6 Å². The molecule has 0 aromatic carbocycles. The van der Waals surface area contributed by atoms with Gasteiger partial charge in [-0.2, -0.15) is 0 Å². The Morgan fingerprint density at radius 3 is 2.79 bits per heavy atom. The third-order valence-electron chi connectivity index (χ3n) is 5.61. The molecule has 156 valence electrons. The topological polar surface area (TPSA) is 76.4 Å². The number of ether oxygens (including phenoxy) is 1. The molecule has 0 spiro atoms. The van der Waals surface area contributed by atoms with Gasteiger partial charge in [0.1, 0.15) is 18.0 Å². The second-order valence-electron chi connectivity index (χ2n) is 7.91. The predicted molar refractivity (Wildman–Crippen MR) is 111 cm³/mol. The van der Waals surface area contributed by atoms with Gasteiger partial charge in [-0.3, -0.25) is 4.79 Å². The van der Waals surface area contributed by atoms with E-state index in [4.69, 9.17) is 16.3 Å². The van der Waals surface area contributed by atoms with Crippen LogP contribution < -0.4 is 4.90 Å². The van der Waals surface area contributed by atoms with Crippen molar-refractivity contribution >= 4 is 23.3 Å². The number of carbonyl (C=O) groups is 1. The van der Waals surface area contributed by atoms with Crippen LogP contribution >= 0.6 is 11.6 Å². The van der Waals surface area contributed by atoms with Crippen molar-refractivity contribution in [3.05, 3.63) is 35.0 Å². The van der Waals surface area contributed by atoms with Crippen LogP contribution in [0.4, 0.5) is 5.82 Å². The van der Waals surface area contributed by atoms with E-state index in [2.05, 4.69) is 38.5 Å². The van der Waals surface area contributed by atoms with Crippen LogP contribution in [0.25, 0.3) is 0 Å². The number of morpholine rings is 1. The molecule has 8 nitrogen and oxygen atoms in total. The molecule has 0 aliphatic carbocycles. The van der Waals surface area contributed by atoms with E-state index in [0.717, 1.165) is 37.6 Å². The number of nitrogens with zero attached hydrogens (tertiary/aromatic N) is 6. The summed E-state index contributed by atoms with van der Waals surface area (Å²) >= 11 is 6.57.